The van der Waals surface area contributed by atoms with Crippen molar-refractivity contribution < 1.29 is 9.53 Å². The molecule has 2 fully saturated rings. The maximum Gasteiger partial charge on any atom is 0.270 e. The zero-order valence-corrected chi connectivity index (χ0v) is 13.7. The van der Waals surface area contributed by atoms with Gasteiger partial charge in [-0.1, -0.05) is 0 Å². The van der Waals surface area contributed by atoms with Crippen molar-refractivity contribution in [3.8, 4) is 0 Å². The summed E-state index contributed by atoms with van der Waals surface area (Å²) in [4.78, 5) is 17.8. The Morgan fingerprint density at radius 3 is 3.05 bits per heavy atom. The van der Waals surface area contributed by atoms with E-state index < -0.39 is 0 Å². The molecule has 3 heterocycles. The minimum atomic E-state index is 0.0960. The van der Waals surface area contributed by atoms with Crippen LogP contribution in [0.2, 0.25) is 0 Å². The minimum absolute atomic E-state index is 0.0960. The molecule has 0 radical (unpaired) electrons. The lowest BCUT2D eigenvalue weighted by Crippen LogP contribution is -2.44. The molecule has 6 heteroatoms. The zero-order chi connectivity index (χ0) is 13.9. The molecule has 1 amide bonds. The van der Waals surface area contributed by atoms with Gasteiger partial charge in [-0.2, -0.15) is 11.8 Å². The fraction of sp³-hybridized carbons (Fsp3) is 0.643. The predicted octanol–water partition coefficient (Wildman–Crippen LogP) is 2.90. The van der Waals surface area contributed by atoms with Crippen molar-refractivity contribution >= 4 is 33.6 Å². The molecule has 0 saturated carbocycles. The van der Waals surface area contributed by atoms with E-state index in [1.54, 1.807) is 6.20 Å². The molecule has 2 aliphatic heterocycles. The van der Waals surface area contributed by atoms with Gasteiger partial charge in [0.1, 0.15) is 5.69 Å². The first kappa shape index (κ1) is 14.5. The van der Waals surface area contributed by atoms with Gasteiger partial charge in [0.15, 0.2) is 0 Å². The van der Waals surface area contributed by atoms with Gasteiger partial charge in [0.05, 0.1) is 6.10 Å². The molecule has 3 rings (SSSR count). The molecule has 2 atom stereocenters. The van der Waals surface area contributed by atoms with Crippen molar-refractivity contribution in [3.63, 3.8) is 0 Å². The van der Waals surface area contributed by atoms with Crippen LogP contribution in [0.5, 0.6) is 0 Å². The molecule has 1 aromatic rings. The summed E-state index contributed by atoms with van der Waals surface area (Å²) in [5, 5.41) is 0. The van der Waals surface area contributed by atoms with Crippen LogP contribution >= 0.6 is 27.7 Å². The normalized spacial score (nSPS) is 26.1. The highest BCUT2D eigenvalue weighted by Gasteiger charge is 2.31. The number of amides is 1. The number of hydrogen-bond acceptors (Lipinski definition) is 3. The third kappa shape index (κ3) is 3.23. The highest BCUT2D eigenvalue weighted by molar-refractivity contribution is 9.10. The highest BCUT2D eigenvalue weighted by atomic mass is 79.9. The van der Waals surface area contributed by atoms with Gasteiger partial charge in [0.2, 0.25) is 0 Å². The Morgan fingerprint density at radius 1 is 1.55 bits per heavy atom. The Labute approximate surface area is 131 Å². The SMILES string of the molecule is O=C(c1cc(Br)c[nH]1)N(C[C@@H]1CCCO1)[C@@H]1CCSC1. The van der Waals surface area contributed by atoms with E-state index in [9.17, 15) is 4.79 Å². The summed E-state index contributed by atoms with van der Waals surface area (Å²) >= 11 is 5.32. The number of aromatic amines is 1. The summed E-state index contributed by atoms with van der Waals surface area (Å²) in [6, 6.07) is 2.20. The van der Waals surface area contributed by atoms with Crippen molar-refractivity contribution in [3.05, 3.63) is 22.4 Å². The van der Waals surface area contributed by atoms with Crippen molar-refractivity contribution in [2.24, 2.45) is 0 Å². The average molecular weight is 359 g/mol. The van der Waals surface area contributed by atoms with Crippen LogP contribution in [0.25, 0.3) is 0 Å². The van der Waals surface area contributed by atoms with Gasteiger partial charge in [0.25, 0.3) is 5.91 Å². The summed E-state index contributed by atoms with van der Waals surface area (Å²) in [6.45, 7) is 1.56. The van der Waals surface area contributed by atoms with Crippen LogP contribution in [0.3, 0.4) is 0 Å². The molecule has 0 unspecified atom stereocenters. The van der Waals surface area contributed by atoms with E-state index in [1.807, 2.05) is 22.7 Å². The van der Waals surface area contributed by atoms with Crippen LogP contribution in [0, 0.1) is 0 Å². The van der Waals surface area contributed by atoms with Gasteiger partial charge in [-0.25, -0.2) is 0 Å². The van der Waals surface area contributed by atoms with Crippen LogP contribution in [-0.2, 0) is 4.74 Å². The van der Waals surface area contributed by atoms with E-state index in [0.717, 1.165) is 48.4 Å². The van der Waals surface area contributed by atoms with Crippen LogP contribution in [0.15, 0.2) is 16.7 Å². The lowest BCUT2D eigenvalue weighted by Gasteiger charge is -2.30. The predicted molar refractivity (Wildman–Crippen MR) is 84.2 cm³/mol. The van der Waals surface area contributed by atoms with Crippen LogP contribution in [-0.4, -0.2) is 52.6 Å². The lowest BCUT2D eigenvalue weighted by atomic mass is 10.1. The molecule has 20 heavy (non-hydrogen) atoms. The maximum absolute atomic E-state index is 12.7. The standard InChI is InChI=1S/C14H19BrN2O2S/c15-10-6-13(16-7-10)14(18)17(11-3-5-20-9-11)8-12-2-1-4-19-12/h6-7,11-12,16H,1-5,8-9H2/t11-,12+/m1/s1. The smallest absolute Gasteiger partial charge is 0.270 e. The number of hydrogen-bond donors (Lipinski definition) is 1. The molecule has 110 valence electrons. The molecular weight excluding hydrogens is 340 g/mol. The number of rotatable bonds is 4. The molecule has 0 aliphatic carbocycles. The number of aromatic nitrogens is 1. The lowest BCUT2D eigenvalue weighted by molar-refractivity contribution is 0.0438. The Bertz CT molecular complexity index is 467. The maximum atomic E-state index is 12.7. The van der Waals surface area contributed by atoms with Crippen LogP contribution in [0.4, 0.5) is 0 Å². The van der Waals surface area contributed by atoms with Gasteiger partial charge in [-0.15, -0.1) is 0 Å². The molecule has 0 bridgehead atoms. The number of H-pyrrole nitrogens is 1. The summed E-state index contributed by atoms with van der Waals surface area (Å²) in [7, 11) is 0. The van der Waals surface area contributed by atoms with E-state index in [4.69, 9.17) is 4.74 Å². The second-order valence-electron chi connectivity index (χ2n) is 5.34. The van der Waals surface area contributed by atoms with Crippen LogP contribution in [0.1, 0.15) is 29.8 Å². The second kappa shape index (κ2) is 6.54. The molecule has 1 N–H and O–H groups in total. The van der Waals surface area contributed by atoms with E-state index in [0.29, 0.717) is 11.7 Å². The van der Waals surface area contributed by atoms with Crippen molar-refractivity contribution in [1.29, 1.82) is 0 Å². The molecule has 1 aromatic heterocycles. The van der Waals surface area contributed by atoms with Crippen LogP contribution < -0.4 is 0 Å². The number of thioether (sulfide) groups is 1. The molecule has 0 spiro atoms. The summed E-state index contributed by atoms with van der Waals surface area (Å²) in [5.41, 5.74) is 0.659. The number of nitrogens with zero attached hydrogens (tertiary/aromatic N) is 1. The first-order valence-corrected chi connectivity index (χ1v) is 9.03. The monoisotopic (exact) mass is 358 g/mol. The molecular formula is C14H19BrN2O2S. The van der Waals surface area contributed by atoms with Crippen molar-refractivity contribution in [2.75, 3.05) is 24.7 Å². The quantitative estimate of drug-likeness (QED) is 0.899. The van der Waals surface area contributed by atoms with E-state index in [1.165, 1.54) is 0 Å². The summed E-state index contributed by atoms with van der Waals surface area (Å²) in [5.74, 6) is 2.29. The molecule has 2 aliphatic rings. The number of ether oxygens (including phenoxy) is 1. The van der Waals surface area contributed by atoms with Gasteiger partial charge < -0.3 is 14.6 Å². The van der Waals surface area contributed by atoms with Gasteiger partial charge in [0, 0.05) is 35.6 Å². The average Bonchev–Trinajstić information content (AvgIpc) is 3.17. The number of nitrogens with one attached hydrogen (secondary N) is 1. The topological polar surface area (TPSA) is 45.3 Å². The first-order valence-electron chi connectivity index (χ1n) is 7.08. The third-order valence-electron chi connectivity index (χ3n) is 3.91. The van der Waals surface area contributed by atoms with Crippen molar-refractivity contribution in [2.45, 2.75) is 31.4 Å². The fourth-order valence-electron chi connectivity index (χ4n) is 2.82. The molecule has 2 saturated heterocycles. The fourth-order valence-corrected chi connectivity index (χ4v) is 4.39. The van der Waals surface area contributed by atoms with E-state index in [-0.39, 0.29) is 12.0 Å². The second-order valence-corrected chi connectivity index (χ2v) is 7.41. The largest absolute Gasteiger partial charge is 0.376 e. The van der Waals surface area contributed by atoms with E-state index in [2.05, 4.69) is 20.9 Å². The Morgan fingerprint density at radius 2 is 2.45 bits per heavy atom. The van der Waals surface area contributed by atoms with Gasteiger partial charge >= 0.3 is 0 Å². The van der Waals surface area contributed by atoms with Gasteiger partial charge in [-0.3, -0.25) is 4.79 Å². The Balaban J connectivity index is 1.74. The molecule has 4 nitrogen and oxygen atoms in total. The highest BCUT2D eigenvalue weighted by Crippen LogP contribution is 2.26. The molecule has 0 aromatic carbocycles. The number of carbonyl (C=O) groups is 1. The first-order chi connectivity index (χ1) is 9.74. The number of carbonyl (C=O) groups excluding carboxylic acids is 1. The summed E-state index contributed by atoms with van der Waals surface area (Å²) < 4.78 is 6.63. The van der Waals surface area contributed by atoms with Gasteiger partial charge in [-0.05, 0) is 47.0 Å². The third-order valence-corrected chi connectivity index (χ3v) is 5.51. The Hall–Kier alpha value is -0.460. The Kier molecular flexibility index (Phi) is 4.73. The zero-order valence-electron chi connectivity index (χ0n) is 11.3. The summed E-state index contributed by atoms with van der Waals surface area (Å²) in [6.07, 6.45) is 5.28. The number of halogens is 1. The van der Waals surface area contributed by atoms with Crippen molar-refractivity contribution in [1.82, 2.24) is 9.88 Å². The minimum Gasteiger partial charge on any atom is -0.376 e. The van der Waals surface area contributed by atoms with E-state index >= 15 is 0 Å².